The average molecular weight is 391 g/mol. The molecule has 1 atom stereocenters. The van der Waals surface area contributed by atoms with Gasteiger partial charge in [0.05, 0.1) is 5.25 Å². The number of anilines is 1. The molecule has 2 amide bonds. The fourth-order valence-corrected chi connectivity index (χ4v) is 4.38. The van der Waals surface area contributed by atoms with E-state index in [9.17, 15) is 14.9 Å². The molecule has 0 saturated carbocycles. The monoisotopic (exact) mass is 391 g/mol. The maximum atomic E-state index is 13.2. The Morgan fingerprint density at radius 1 is 1.18 bits per heavy atom. The molecule has 1 aliphatic heterocycles. The summed E-state index contributed by atoms with van der Waals surface area (Å²) >= 11 is 1.28. The molecule has 0 radical (unpaired) electrons. The minimum Gasteiger partial charge on any atom is -0.354 e. The summed E-state index contributed by atoms with van der Waals surface area (Å²) in [7, 11) is 1.47. The van der Waals surface area contributed by atoms with Crippen LogP contribution in [0.2, 0.25) is 0 Å². The van der Waals surface area contributed by atoms with Crippen LogP contribution in [0.4, 0.5) is 5.69 Å². The lowest BCUT2D eigenvalue weighted by Crippen LogP contribution is -2.31. The Labute approximate surface area is 169 Å². The highest BCUT2D eigenvalue weighted by atomic mass is 32.2. The standard InChI is InChI=1S/C22H21N3O2S/c1-14-9-10-16(11-15(14)2)12-19-21(27)25(17-7-5-4-6-8-17)22(28-19)18(13-23)20(26)24-3/h4-11,19H,12H2,1-3H3,(H,24,26)/b22-18+/t19-/m0/s1. The molecule has 1 heterocycles. The summed E-state index contributed by atoms with van der Waals surface area (Å²) in [4.78, 5) is 26.9. The second-order valence-corrected chi connectivity index (χ2v) is 7.80. The van der Waals surface area contributed by atoms with Gasteiger partial charge in [-0.1, -0.05) is 48.2 Å². The van der Waals surface area contributed by atoms with Gasteiger partial charge in [-0.25, -0.2) is 0 Å². The third-order valence-electron chi connectivity index (χ3n) is 4.74. The molecule has 2 aromatic carbocycles. The van der Waals surface area contributed by atoms with Crippen molar-refractivity contribution in [2.75, 3.05) is 11.9 Å². The second kappa shape index (κ2) is 8.32. The fraction of sp³-hybridized carbons (Fsp3) is 0.227. The number of likely N-dealkylation sites (N-methyl/N-ethyl adjacent to an activating group) is 1. The lowest BCUT2D eigenvalue weighted by molar-refractivity contribution is -0.117. The number of nitrogens with zero attached hydrogens (tertiary/aromatic N) is 2. The summed E-state index contributed by atoms with van der Waals surface area (Å²) in [6.45, 7) is 4.10. The number of benzene rings is 2. The number of carbonyl (C=O) groups excluding carboxylic acids is 2. The zero-order valence-electron chi connectivity index (χ0n) is 16.0. The van der Waals surface area contributed by atoms with Crippen molar-refractivity contribution in [3.63, 3.8) is 0 Å². The number of hydrogen-bond donors (Lipinski definition) is 1. The van der Waals surface area contributed by atoms with E-state index in [-0.39, 0.29) is 11.5 Å². The van der Waals surface area contributed by atoms with E-state index < -0.39 is 11.2 Å². The molecular formula is C22H21N3O2S. The summed E-state index contributed by atoms with van der Waals surface area (Å²) in [6.07, 6.45) is 0.532. The number of thioether (sulfide) groups is 1. The van der Waals surface area contributed by atoms with Crippen molar-refractivity contribution in [2.24, 2.45) is 0 Å². The molecule has 6 heteroatoms. The van der Waals surface area contributed by atoms with E-state index >= 15 is 0 Å². The van der Waals surface area contributed by atoms with Gasteiger partial charge in [-0.05, 0) is 49.1 Å². The van der Waals surface area contributed by atoms with Crippen LogP contribution in [0.3, 0.4) is 0 Å². The van der Waals surface area contributed by atoms with Gasteiger partial charge >= 0.3 is 0 Å². The molecule has 2 aromatic rings. The minimum atomic E-state index is -0.495. The van der Waals surface area contributed by atoms with E-state index in [1.807, 2.05) is 43.3 Å². The van der Waals surface area contributed by atoms with Gasteiger partial charge in [0.25, 0.3) is 5.91 Å². The molecule has 28 heavy (non-hydrogen) atoms. The molecular weight excluding hydrogens is 370 g/mol. The number of para-hydroxylation sites is 1. The Kier molecular flexibility index (Phi) is 5.86. The Bertz CT molecular complexity index is 993. The first-order valence-electron chi connectivity index (χ1n) is 8.94. The number of nitrogens with one attached hydrogen (secondary N) is 1. The first kappa shape index (κ1) is 19.7. The van der Waals surface area contributed by atoms with Crippen LogP contribution in [0.1, 0.15) is 16.7 Å². The van der Waals surface area contributed by atoms with Gasteiger partial charge in [-0.3, -0.25) is 14.5 Å². The van der Waals surface area contributed by atoms with Crippen molar-refractivity contribution in [3.8, 4) is 6.07 Å². The maximum absolute atomic E-state index is 13.2. The predicted octanol–water partition coefficient (Wildman–Crippen LogP) is 3.48. The van der Waals surface area contributed by atoms with Crippen molar-refractivity contribution in [2.45, 2.75) is 25.5 Å². The van der Waals surface area contributed by atoms with E-state index in [1.165, 1.54) is 34.8 Å². The second-order valence-electron chi connectivity index (χ2n) is 6.61. The molecule has 0 unspecified atom stereocenters. The highest BCUT2D eigenvalue weighted by Crippen LogP contribution is 2.41. The summed E-state index contributed by atoms with van der Waals surface area (Å²) in [5.74, 6) is -0.619. The maximum Gasteiger partial charge on any atom is 0.264 e. The Morgan fingerprint density at radius 3 is 2.50 bits per heavy atom. The van der Waals surface area contributed by atoms with E-state index in [0.29, 0.717) is 17.1 Å². The predicted molar refractivity (Wildman–Crippen MR) is 112 cm³/mol. The summed E-state index contributed by atoms with van der Waals surface area (Å²) < 4.78 is 0. The van der Waals surface area contributed by atoms with Crippen LogP contribution in [0, 0.1) is 25.2 Å². The van der Waals surface area contributed by atoms with Gasteiger partial charge < -0.3 is 5.32 Å². The first-order valence-corrected chi connectivity index (χ1v) is 9.82. The van der Waals surface area contributed by atoms with Crippen LogP contribution in [-0.4, -0.2) is 24.1 Å². The Balaban J connectivity index is 2.02. The summed E-state index contributed by atoms with van der Waals surface area (Å²) in [5, 5.41) is 12.0. The van der Waals surface area contributed by atoms with Crippen LogP contribution in [0.25, 0.3) is 0 Å². The van der Waals surface area contributed by atoms with Crippen LogP contribution in [0.5, 0.6) is 0 Å². The highest BCUT2D eigenvalue weighted by molar-refractivity contribution is 8.05. The Morgan fingerprint density at radius 2 is 1.89 bits per heavy atom. The number of nitriles is 1. The van der Waals surface area contributed by atoms with Crippen molar-refractivity contribution >= 4 is 29.3 Å². The summed E-state index contributed by atoms with van der Waals surface area (Å²) in [5.41, 5.74) is 4.03. The Hall–Kier alpha value is -3.04. The number of rotatable bonds is 4. The van der Waals surface area contributed by atoms with Crippen molar-refractivity contribution in [1.29, 1.82) is 5.26 Å². The molecule has 1 saturated heterocycles. The van der Waals surface area contributed by atoms with Gasteiger partial charge in [0, 0.05) is 12.7 Å². The van der Waals surface area contributed by atoms with E-state index in [1.54, 1.807) is 12.1 Å². The highest BCUT2D eigenvalue weighted by Gasteiger charge is 2.40. The fourth-order valence-electron chi connectivity index (χ4n) is 3.07. The number of carbonyl (C=O) groups is 2. The molecule has 3 rings (SSSR count). The zero-order chi connectivity index (χ0) is 20.3. The molecule has 1 N–H and O–H groups in total. The van der Waals surface area contributed by atoms with E-state index in [2.05, 4.69) is 18.3 Å². The summed E-state index contributed by atoms with van der Waals surface area (Å²) in [6, 6.07) is 17.2. The van der Waals surface area contributed by atoms with E-state index in [4.69, 9.17) is 0 Å². The quantitative estimate of drug-likeness (QED) is 0.640. The molecule has 0 aliphatic carbocycles. The molecule has 142 valence electrons. The largest absolute Gasteiger partial charge is 0.354 e. The molecule has 1 aliphatic rings. The van der Waals surface area contributed by atoms with Gasteiger partial charge in [-0.2, -0.15) is 5.26 Å². The topological polar surface area (TPSA) is 73.2 Å². The smallest absolute Gasteiger partial charge is 0.264 e. The van der Waals surface area contributed by atoms with Gasteiger partial charge in [0.15, 0.2) is 0 Å². The van der Waals surface area contributed by atoms with Crippen molar-refractivity contribution in [1.82, 2.24) is 5.32 Å². The van der Waals surface area contributed by atoms with Gasteiger partial charge in [0.2, 0.25) is 5.91 Å². The minimum absolute atomic E-state index is 0.0488. The lowest BCUT2D eigenvalue weighted by Gasteiger charge is -2.18. The molecule has 5 nitrogen and oxygen atoms in total. The zero-order valence-corrected chi connectivity index (χ0v) is 16.8. The van der Waals surface area contributed by atoms with Gasteiger partial charge in [-0.15, -0.1) is 0 Å². The van der Waals surface area contributed by atoms with Crippen molar-refractivity contribution < 1.29 is 9.59 Å². The third kappa shape index (κ3) is 3.80. The first-order chi connectivity index (χ1) is 13.5. The molecule has 0 bridgehead atoms. The van der Waals surface area contributed by atoms with E-state index in [0.717, 1.165) is 5.56 Å². The third-order valence-corrected chi connectivity index (χ3v) is 6.00. The number of amides is 2. The van der Waals surface area contributed by atoms with Crippen LogP contribution < -0.4 is 10.2 Å². The van der Waals surface area contributed by atoms with Crippen LogP contribution >= 0.6 is 11.8 Å². The average Bonchev–Trinajstić information content (AvgIpc) is 3.01. The number of aryl methyl sites for hydroxylation is 2. The van der Waals surface area contributed by atoms with Crippen LogP contribution in [-0.2, 0) is 16.0 Å². The normalized spacial score (nSPS) is 18.0. The SMILES string of the molecule is CNC(=O)/C(C#N)=C1/S[C@@H](Cc2ccc(C)c(C)c2)C(=O)N1c1ccccc1. The van der Waals surface area contributed by atoms with Crippen LogP contribution in [0.15, 0.2) is 59.1 Å². The number of hydrogen-bond acceptors (Lipinski definition) is 4. The molecule has 0 aromatic heterocycles. The molecule has 0 spiro atoms. The lowest BCUT2D eigenvalue weighted by atomic mass is 10.0. The van der Waals surface area contributed by atoms with Crippen molar-refractivity contribution in [3.05, 3.63) is 75.8 Å². The molecule has 1 fully saturated rings. The van der Waals surface area contributed by atoms with Gasteiger partial charge in [0.1, 0.15) is 16.7 Å².